The first kappa shape index (κ1) is 18.4. The number of primary amides is 1. The van der Waals surface area contributed by atoms with E-state index >= 15 is 0 Å². The van der Waals surface area contributed by atoms with E-state index in [2.05, 4.69) is 16.3 Å². The monoisotopic (exact) mass is 402 g/mol. The number of amides is 1. The van der Waals surface area contributed by atoms with Gasteiger partial charge < -0.3 is 20.7 Å². The van der Waals surface area contributed by atoms with Gasteiger partial charge in [0.15, 0.2) is 17.0 Å². The molecule has 5 atom stereocenters. The summed E-state index contributed by atoms with van der Waals surface area (Å²) in [6.07, 6.45) is -0.136. The molecule has 8 nitrogen and oxygen atoms in total. The van der Waals surface area contributed by atoms with Crippen LogP contribution in [0, 0.1) is 17.2 Å². The summed E-state index contributed by atoms with van der Waals surface area (Å²) in [7, 11) is 0. The Hall–Kier alpha value is -3.67. The van der Waals surface area contributed by atoms with Crippen molar-refractivity contribution in [3.8, 4) is 11.8 Å². The zero-order valence-corrected chi connectivity index (χ0v) is 15.7. The van der Waals surface area contributed by atoms with Crippen LogP contribution in [0.2, 0.25) is 0 Å². The topological polar surface area (TPSA) is 145 Å². The number of ether oxygens (including phenoxy) is 1. The van der Waals surface area contributed by atoms with Gasteiger partial charge in [-0.05, 0) is 23.3 Å². The third-order valence-corrected chi connectivity index (χ3v) is 6.32. The van der Waals surface area contributed by atoms with Crippen molar-refractivity contribution < 1.29 is 19.7 Å². The number of aromatic amines is 1. The van der Waals surface area contributed by atoms with Crippen LogP contribution in [0.3, 0.4) is 0 Å². The van der Waals surface area contributed by atoms with Crippen molar-refractivity contribution >= 4 is 5.91 Å². The normalized spacial score (nSPS) is 31.4. The molecular weight excluding hydrogens is 384 g/mol. The fourth-order valence-corrected chi connectivity index (χ4v) is 5.10. The number of aromatic nitrogens is 2. The fourth-order valence-electron chi connectivity index (χ4n) is 5.10. The Labute approximate surface area is 171 Å². The van der Waals surface area contributed by atoms with Gasteiger partial charge in [-0.15, -0.1) is 0 Å². The van der Waals surface area contributed by atoms with Gasteiger partial charge in [-0.1, -0.05) is 42.5 Å². The van der Waals surface area contributed by atoms with Crippen molar-refractivity contribution in [1.82, 2.24) is 10.2 Å². The lowest BCUT2D eigenvalue weighted by atomic mass is 9.71. The molecule has 1 aliphatic carbocycles. The van der Waals surface area contributed by atoms with Crippen molar-refractivity contribution in [2.45, 2.75) is 23.2 Å². The average Bonchev–Trinajstić information content (AvgIpc) is 3.37. The highest BCUT2D eigenvalue weighted by molar-refractivity contribution is 5.81. The molecule has 0 saturated heterocycles. The summed E-state index contributed by atoms with van der Waals surface area (Å²) in [6, 6.07) is 17.6. The number of carbonyl (C=O) groups excluding carboxylic acids is 1. The number of aliphatic hydroxyl groups excluding tert-OH is 1. The summed E-state index contributed by atoms with van der Waals surface area (Å²) < 4.78 is 6.34. The number of aliphatic hydroxyl groups is 2. The Kier molecular flexibility index (Phi) is 3.77. The fraction of sp³-hybridized carbons (Fsp3) is 0.227. The standard InChI is InChI=1S/C22H18N4O4/c23-10-12-6-8-14(9-7-12)22-17(13-4-2-1-3-5-13)16(20(24)28)19(27)21(22,29)18-15(30-22)11-25-26-18/h1-9,11,16-17,19,27,29H,(H2,24,28)(H,25,26)/t16-,17-,19-,21+,22+/m1/s1. The molecule has 1 saturated carbocycles. The first-order chi connectivity index (χ1) is 14.4. The molecule has 3 aromatic rings. The Morgan fingerprint density at radius 3 is 2.53 bits per heavy atom. The lowest BCUT2D eigenvalue weighted by Crippen LogP contribution is -2.52. The van der Waals surface area contributed by atoms with Crippen LogP contribution in [-0.2, 0) is 16.0 Å². The van der Waals surface area contributed by atoms with E-state index in [1.54, 1.807) is 48.5 Å². The molecule has 0 spiro atoms. The second-order valence-electron chi connectivity index (χ2n) is 7.66. The third-order valence-electron chi connectivity index (χ3n) is 6.32. The van der Waals surface area contributed by atoms with Crippen LogP contribution in [0.25, 0.3) is 0 Å². The minimum atomic E-state index is -2.02. The van der Waals surface area contributed by atoms with Crippen LogP contribution in [0.5, 0.6) is 5.75 Å². The van der Waals surface area contributed by atoms with E-state index in [1.807, 2.05) is 6.07 Å². The summed E-state index contributed by atoms with van der Waals surface area (Å²) in [5.41, 5.74) is 3.93. The molecule has 0 radical (unpaired) electrons. The number of fused-ring (bicyclic) bond motifs is 3. The number of hydrogen-bond donors (Lipinski definition) is 4. The highest BCUT2D eigenvalue weighted by Gasteiger charge is 2.77. The van der Waals surface area contributed by atoms with E-state index in [0.29, 0.717) is 16.7 Å². The summed E-state index contributed by atoms with van der Waals surface area (Å²) >= 11 is 0. The van der Waals surface area contributed by atoms with Crippen molar-refractivity contribution in [3.63, 3.8) is 0 Å². The van der Waals surface area contributed by atoms with Crippen LogP contribution in [-0.4, -0.2) is 32.4 Å². The van der Waals surface area contributed by atoms with Gasteiger partial charge in [0.2, 0.25) is 5.91 Å². The predicted octanol–water partition coefficient (Wildman–Crippen LogP) is 1.02. The lowest BCUT2D eigenvalue weighted by Gasteiger charge is -2.40. The maximum absolute atomic E-state index is 12.5. The number of nitrogens with zero attached hydrogens (tertiary/aromatic N) is 2. The van der Waals surface area contributed by atoms with Gasteiger partial charge in [0, 0.05) is 5.92 Å². The number of carbonyl (C=O) groups is 1. The smallest absolute Gasteiger partial charge is 0.224 e. The molecular formula is C22H18N4O4. The largest absolute Gasteiger partial charge is 0.475 e. The van der Waals surface area contributed by atoms with Crippen LogP contribution >= 0.6 is 0 Å². The Morgan fingerprint density at radius 1 is 1.20 bits per heavy atom. The van der Waals surface area contributed by atoms with Gasteiger partial charge in [-0.2, -0.15) is 10.4 Å². The van der Waals surface area contributed by atoms with Gasteiger partial charge in [-0.25, -0.2) is 0 Å². The van der Waals surface area contributed by atoms with Gasteiger partial charge in [0.1, 0.15) is 11.8 Å². The van der Waals surface area contributed by atoms with Gasteiger partial charge in [-0.3, -0.25) is 9.89 Å². The molecule has 8 heteroatoms. The predicted molar refractivity (Wildman–Crippen MR) is 104 cm³/mol. The maximum Gasteiger partial charge on any atom is 0.224 e. The summed E-state index contributed by atoms with van der Waals surface area (Å²) in [5, 5.41) is 39.1. The van der Waals surface area contributed by atoms with Crippen LogP contribution < -0.4 is 10.5 Å². The number of hydrogen-bond acceptors (Lipinski definition) is 6. The second-order valence-corrected chi connectivity index (χ2v) is 7.66. The molecule has 2 aliphatic rings. The molecule has 1 aliphatic heterocycles. The lowest BCUT2D eigenvalue weighted by molar-refractivity contribution is -0.155. The first-order valence-electron chi connectivity index (χ1n) is 9.43. The zero-order chi connectivity index (χ0) is 21.1. The number of nitriles is 1. The highest BCUT2D eigenvalue weighted by Crippen LogP contribution is 2.67. The summed E-state index contributed by atoms with van der Waals surface area (Å²) in [6.45, 7) is 0. The van der Waals surface area contributed by atoms with Crippen molar-refractivity contribution in [2.24, 2.45) is 11.7 Å². The van der Waals surface area contributed by atoms with Crippen molar-refractivity contribution in [1.29, 1.82) is 5.26 Å². The van der Waals surface area contributed by atoms with Gasteiger partial charge in [0.25, 0.3) is 0 Å². The van der Waals surface area contributed by atoms with Crippen LogP contribution in [0.15, 0.2) is 60.8 Å². The third kappa shape index (κ3) is 2.05. The van der Waals surface area contributed by atoms with Crippen molar-refractivity contribution in [3.05, 3.63) is 83.2 Å². The minimum absolute atomic E-state index is 0.184. The van der Waals surface area contributed by atoms with E-state index in [9.17, 15) is 20.3 Å². The molecule has 0 bridgehead atoms. The Bertz CT molecular complexity index is 1170. The van der Waals surface area contributed by atoms with Crippen molar-refractivity contribution in [2.75, 3.05) is 0 Å². The molecule has 1 fully saturated rings. The van der Waals surface area contributed by atoms with Gasteiger partial charge in [0.05, 0.1) is 23.7 Å². The molecule has 30 heavy (non-hydrogen) atoms. The number of rotatable bonds is 3. The van der Waals surface area contributed by atoms with E-state index in [1.165, 1.54) is 6.20 Å². The minimum Gasteiger partial charge on any atom is -0.475 e. The number of nitrogens with two attached hydrogens (primary N) is 1. The SMILES string of the molecule is N#Cc1ccc([C@@]23Oc4cn[nH]c4[C@]2(O)[C@H](O)[C@H](C(N)=O)[C@H]3c2ccccc2)cc1. The molecule has 1 aromatic heterocycles. The summed E-state index contributed by atoms with van der Waals surface area (Å²) in [4.78, 5) is 12.5. The molecule has 5 N–H and O–H groups in total. The van der Waals surface area contributed by atoms with E-state index in [0.717, 1.165) is 0 Å². The highest BCUT2D eigenvalue weighted by atomic mass is 16.5. The quantitative estimate of drug-likeness (QED) is 0.515. The molecule has 2 heterocycles. The summed E-state index contributed by atoms with van der Waals surface area (Å²) in [5.74, 6) is -2.41. The zero-order valence-electron chi connectivity index (χ0n) is 15.7. The average molecular weight is 402 g/mol. The van der Waals surface area contributed by atoms with Gasteiger partial charge >= 0.3 is 0 Å². The molecule has 5 rings (SSSR count). The molecule has 0 unspecified atom stereocenters. The van der Waals surface area contributed by atoms with E-state index in [-0.39, 0.29) is 11.4 Å². The van der Waals surface area contributed by atoms with E-state index < -0.39 is 35.0 Å². The number of nitrogens with one attached hydrogen (secondary N) is 1. The molecule has 1 amide bonds. The maximum atomic E-state index is 12.5. The Morgan fingerprint density at radius 2 is 1.90 bits per heavy atom. The van der Waals surface area contributed by atoms with E-state index in [4.69, 9.17) is 10.5 Å². The van der Waals surface area contributed by atoms with Crippen LogP contribution in [0.1, 0.15) is 28.3 Å². The second kappa shape index (κ2) is 6.16. The molecule has 2 aromatic carbocycles. The molecule has 150 valence electrons. The number of H-pyrrole nitrogens is 1. The van der Waals surface area contributed by atoms with Crippen LogP contribution in [0.4, 0.5) is 0 Å². The first-order valence-corrected chi connectivity index (χ1v) is 9.43. The Balaban J connectivity index is 1.84. The number of benzene rings is 2.